The average molecular weight is 281 g/mol. The summed E-state index contributed by atoms with van der Waals surface area (Å²) in [6.07, 6.45) is 1.50. The summed E-state index contributed by atoms with van der Waals surface area (Å²) >= 11 is 11.8. The van der Waals surface area contributed by atoms with E-state index in [1.807, 2.05) is 12.1 Å². The van der Waals surface area contributed by atoms with Crippen molar-refractivity contribution < 1.29 is 4.74 Å². The fourth-order valence-corrected chi connectivity index (χ4v) is 1.82. The van der Waals surface area contributed by atoms with Crippen LogP contribution in [0.25, 0.3) is 11.2 Å². The quantitative estimate of drug-likeness (QED) is 0.731. The standard InChI is InChI=1S/C11H6Cl2N4O/c12-6-3-1-2-4-7(6)18-10-8-9(15-5-14-8)16-11(13)17-10/h1-5H,(H,14,15,16,17). The molecule has 0 bridgehead atoms. The molecule has 0 radical (unpaired) electrons. The summed E-state index contributed by atoms with van der Waals surface area (Å²) in [4.78, 5) is 14.9. The van der Waals surface area contributed by atoms with Crippen molar-refractivity contribution >= 4 is 34.4 Å². The van der Waals surface area contributed by atoms with Gasteiger partial charge >= 0.3 is 0 Å². The van der Waals surface area contributed by atoms with Crippen molar-refractivity contribution in [2.45, 2.75) is 0 Å². The average Bonchev–Trinajstić information content (AvgIpc) is 2.80. The third-order valence-electron chi connectivity index (χ3n) is 2.27. The van der Waals surface area contributed by atoms with E-state index in [4.69, 9.17) is 27.9 Å². The van der Waals surface area contributed by atoms with Gasteiger partial charge in [-0.05, 0) is 23.7 Å². The number of imidazole rings is 1. The molecule has 0 atom stereocenters. The van der Waals surface area contributed by atoms with Gasteiger partial charge in [0, 0.05) is 0 Å². The van der Waals surface area contributed by atoms with Crippen LogP contribution in [-0.4, -0.2) is 19.9 Å². The summed E-state index contributed by atoms with van der Waals surface area (Å²) in [5.74, 6) is 0.778. The SMILES string of the molecule is Clc1nc(Oc2ccccc2Cl)c2[nH]cnc2n1. The van der Waals surface area contributed by atoms with Crippen LogP contribution in [0.3, 0.4) is 0 Å². The lowest BCUT2D eigenvalue weighted by Gasteiger charge is -2.06. The predicted molar refractivity (Wildman–Crippen MR) is 68.2 cm³/mol. The Hall–Kier alpha value is -1.85. The van der Waals surface area contributed by atoms with Crippen LogP contribution < -0.4 is 4.74 Å². The zero-order chi connectivity index (χ0) is 12.5. The molecule has 3 aromatic rings. The van der Waals surface area contributed by atoms with Gasteiger partial charge in [-0.25, -0.2) is 4.98 Å². The van der Waals surface area contributed by atoms with Gasteiger partial charge in [0.1, 0.15) is 11.3 Å². The maximum atomic E-state index is 6.01. The van der Waals surface area contributed by atoms with E-state index < -0.39 is 0 Å². The Labute approximate surface area is 112 Å². The first kappa shape index (κ1) is 11.3. The molecular formula is C11H6Cl2N4O. The molecule has 3 rings (SSSR count). The molecule has 0 aliphatic carbocycles. The monoisotopic (exact) mass is 280 g/mol. The molecular weight excluding hydrogens is 275 g/mol. The normalized spacial score (nSPS) is 10.8. The van der Waals surface area contributed by atoms with Crippen molar-refractivity contribution in [1.82, 2.24) is 19.9 Å². The summed E-state index contributed by atoms with van der Waals surface area (Å²) in [6, 6.07) is 7.09. The van der Waals surface area contributed by atoms with Gasteiger partial charge in [-0.3, -0.25) is 0 Å². The van der Waals surface area contributed by atoms with Crippen molar-refractivity contribution in [3.05, 3.63) is 40.9 Å². The number of halogens is 2. The molecule has 2 heterocycles. The van der Waals surface area contributed by atoms with Crippen LogP contribution in [-0.2, 0) is 0 Å². The third-order valence-corrected chi connectivity index (χ3v) is 2.75. The molecule has 0 spiro atoms. The summed E-state index contributed by atoms with van der Waals surface area (Å²) in [7, 11) is 0. The van der Waals surface area contributed by atoms with Gasteiger partial charge < -0.3 is 9.72 Å². The molecule has 0 aliphatic heterocycles. The van der Waals surface area contributed by atoms with E-state index in [1.165, 1.54) is 6.33 Å². The fraction of sp³-hybridized carbons (Fsp3) is 0. The van der Waals surface area contributed by atoms with E-state index in [2.05, 4.69) is 19.9 Å². The number of hydrogen-bond acceptors (Lipinski definition) is 4. The second-order valence-electron chi connectivity index (χ2n) is 3.43. The van der Waals surface area contributed by atoms with Gasteiger partial charge in [0.05, 0.1) is 11.3 Å². The lowest BCUT2D eigenvalue weighted by molar-refractivity contribution is 0.467. The van der Waals surface area contributed by atoms with Crippen LogP contribution in [0.2, 0.25) is 10.3 Å². The lowest BCUT2D eigenvalue weighted by atomic mass is 10.3. The highest BCUT2D eigenvalue weighted by atomic mass is 35.5. The first-order valence-electron chi connectivity index (χ1n) is 5.03. The molecule has 5 nitrogen and oxygen atoms in total. The van der Waals surface area contributed by atoms with E-state index in [0.717, 1.165) is 0 Å². The number of aromatic nitrogens is 4. The molecule has 2 aromatic heterocycles. The molecule has 1 aromatic carbocycles. The Balaban J connectivity index is 2.10. The van der Waals surface area contributed by atoms with Crippen molar-refractivity contribution in [3.8, 4) is 11.6 Å². The molecule has 0 unspecified atom stereocenters. The number of benzene rings is 1. The highest BCUT2D eigenvalue weighted by Gasteiger charge is 2.12. The number of para-hydroxylation sites is 1. The predicted octanol–water partition coefficient (Wildman–Crippen LogP) is 3.45. The summed E-state index contributed by atoms with van der Waals surface area (Å²) < 4.78 is 5.62. The van der Waals surface area contributed by atoms with Crippen LogP contribution in [0, 0.1) is 0 Å². The second kappa shape index (κ2) is 4.44. The Morgan fingerprint density at radius 3 is 2.78 bits per heavy atom. The van der Waals surface area contributed by atoms with Gasteiger partial charge in [0.15, 0.2) is 5.65 Å². The number of hydrogen-bond donors (Lipinski definition) is 1. The van der Waals surface area contributed by atoms with Crippen LogP contribution in [0.5, 0.6) is 11.6 Å². The molecule has 0 fully saturated rings. The van der Waals surface area contributed by atoms with Gasteiger partial charge in [-0.1, -0.05) is 23.7 Å². The van der Waals surface area contributed by atoms with Crippen LogP contribution in [0.1, 0.15) is 0 Å². The molecule has 0 aliphatic rings. The van der Waals surface area contributed by atoms with Gasteiger partial charge in [0.2, 0.25) is 11.2 Å². The van der Waals surface area contributed by atoms with Crippen LogP contribution in [0.4, 0.5) is 0 Å². The van der Waals surface area contributed by atoms with Crippen molar-refractivity contribution in [1.29, 1.82) is 0 Å². The first-order valence-corrected chi connectivity index (χ1v) is 5.78. The number of rotatable bonds is 2. The molecule has 0 saturated heterocycles. The van der Waals surface area contributed by atoms with Crippen LogP contribution >= 0.6 is 23.2 Å². The Kier molecular flexibility index (Phi) is 2.77. The summed E-state index contributed by atoms with van der Waals surface area (Å²) in [5.41, 5.74) is 1.01. The number of aromatic amines is 1. The van der Waals surface area contributed by atoms with Crippen molar-refractivity contribution in [2.75, 3.05) is 0 Å². The van der Waals surface area contributed by atoms with E-state index >= 15 is 0 Å². The highest BCUT2D eigenvalue weighted by molar-refractivity contribution is 6.32. The van der Waals surface area contributed by atoms with Crippen LogP contribution in [0.15, 0.2) is 30.6 Å². The molecule has 1 N–H and O–H groups in total. The van der Waals surface area contributed by atoms with Crippen molar-refractivity contribution in [3.63, 3.8) is 0 Å². The summed E-state index contributed by atoms with van der Waals surface area (Å²) in [6.45, 7) is 0. The number of ether oxygens (including phenoxy) is 1. The molecule has 0 saturated carbocycles. The van der Waals surface area contributed by atoms with Gasteiger partial charge in [-0.2, -0.15) is 9.97 Å². The van der Waals surface area contributed by atoms with E-state index in [9.17, 15) is 0 Å². The van der Waals surface area contributed by atoms with Crippen molar-refractivity contribution in [2.24, 2.45) is 0 Å². The van der Waals surface area contributed by atoms with Gasteiger partial charge in [-0.15, -0.1) is 0 Å². The molecule has 90 valence electrons. The number of fused-ring (bicyclic) bond motifs is 1. The topological polar surface area (TPSA) is 63.7 Å². The minimum Gasteiger partial charge on any atom is -0.435 e. The zero-order valence-corrected chi connectivity index (χ0v) is 10.4. The molecule has 0 amide bonds. The third kappa shape index (κ3) is 1.98. The number of nitrogens with one attached hydrogen (secondary N) is 1. The minimum atomic E-state index is 0.0663. The van der Waals surface area contributed by atoms with E-state index in [0.29, 0.717) is 21.9 Å². The smallest absolute Gasteiger partial charge is 0.250 e. The second-order valence-corrected chi connectivity index (χ2v) is 4.18. The maximum Gasteiger partial charge on any atom is 0.250 e. The van der Waals surface area contributed by atoms with Gasteiger partial charge in [0.25, 0.3) is 0 Å². The lowest BCUT2D eigenvalue weighted by Crippen LogP contribution is -1.93. The number of nitrogens with zero attached hydrogens (tertiary/aromatic N) is 3. The Morgan fingerprint density at radius 2 is 1.94 bits per heavy atom. The van der Waals surface area contributed by atoms with E-state index in [-0.39, 0.29) is 11.2 Å². The summed E-state index contributed by atoms with van der Waals surface area (Å²) in [5, 5.41) is 0.552. The largest absolute Gasteiger partial charge is 0.435 e. The molecule has 18 heavy (non-hydrogen) atoms. The fourth-order valence-electron chi connectivity index (χ4n) is 1.49. The highest BCUT2D eigenvalue weighted by Crippen LogP contribution is 2.31. The number of H-pyrrole nitrogens is 1. The zero-order valence-electron chi connectivity index (χ0n) is 8.89. The molecule has 7 heteroatoms. The Morgan fingerprint density at radius 1 is 1.11 bits per heavy atom. The minimum absolute atomic E-state index is 0.0663. The maximum absolute atomic E-state index is 6.01. The first-order chi connectivity index (χ1) is 8.74. The Bertz CT molecular complexity index is 713. The van der Waals surface area contributed by atoms with E-state index in [1.54, 1.807) is 12.1 Å².